The lowest BCUT2D eigenvalue weighted by atomic mass is 10.1. The number of halogens is 1. The molecule has 0 bridgehead atoms. The molecular weight excluding hydrogens is 283 g/mol. The van der Waals surface area contributed by atoms with Crippen molar-refractivity contribution in [3.05, 3.63) is 41.8 Å². The van der Waals surface area contributed by atoms with Crippen molar-refractivity contribution in [2.75, 3.05) is 20.1 Å². The largest absolute Gasteiger partial charge is 0.333 e. The Kier molecular flexibility index (Phi) is 4.20. The minimum atomic E-state index is -0.289. The van der Waals surface area contributed by atoms with Gasteiger partial charge in [0, 0.05) is 24.7 Å². The normalized spacial score (nSPS) is 17.9. The molecule has 1 amide bonds. The molecule has 2 aromatic rings. The van der Waals surface area contributed by atoms with E-state index in [4.69, 9.17) is 0 Å². The van der Waals surface area contributed by atoms with E-state index >= 15 is 0 Å². The van der Waals surface area contributed by atoms with Gasteiger partial charge in [0.05, 0.1) is 5.69 Å². The van der Waals surface area contributed by atoms with Crippen LogP contribution in [0.4, 0.5) is 4.39 Å². The molecule has 6 heteroatoms. The Morgan fingerprint density at radius 3 is 2.95 bits per heavy atom. The van der Waals surface area contributed by atoms with E-state index in [0.29, 0.717) is 11.4 Å². The van der Waals surface area contributed by atoms with Gasteiger partial charge in [0.25, 0.3) is 5.91 Å². The van der Waals surface area contributed by atoms with Crippen molar-refractivity contribution < 1.29 is 9.18 Å². The molecule has 0 radical (unpaired) electrons. The van der Waals surface area contributed by atoms with Gasteiger partial charge in [-0.25, -0.2) is 4.39 Å². The zero-order valence-electron chi connectivity index (χ0n) is 12.5. The van der Waals surface area contributed by atoms with Gasteiger partial charge in [-0.05, 0) is 50.2 Å². The van der Waals surface area contributed by atoms with Crippen molar-refractivity contribution in [1.29, 1.82) is 0 Å². The maximum absolute atomic E-state index is 13.0. The van der Waals surface area contributed by atoms with E-state index in [-0.39, 0.29) is 17.8 Å². The van der Waals surface area contributed by atoms with Gasteiger partial charge in [-0.1, -0.05) is 0 Å². The molecular formula is C16H19FN4O. The van der Waals surface area contributed by atoms with E-state index in [1.54, 1.807) is 18.2 Å². The van der Waals surface area contributed by atoms with Crippen molar-refractivity contribution >= 4 is 5.91 Å². The predicted molar refractivity (Wildman–Crippen MR) is 82.0 cm³/mol. The zero-order chi connectivity index (χ0) is 15.5. The molecule has 2 N–H and O–H groups in total. The van der Waals surface area contributed by atoms with Crippen LogP contribution in [0.1, 0.15) is 23.3 Å². The van der Waals surface area contributed by atoms with Gasteiger partial charge in [0.15, 0.2) is 0 Å². The summed E-state index contributed by atoms with van der Waals surface area (Å²) in [6, 6.07) is 8.03. The van der Waals surface area contributed by atoms with E-state index in [1.807, 2.05) is 11.9 Å². The highest BCUT2D eigenvalue weighted by atomic mass is 19.1. The molecule has 22 heavy (non-hydrogen) atoms. The number of likely N-dealkylation sites (N-methyl/N-ethyl adjacent to an activating group) is 1. The topological polar surface area (TPSA) is 61.0 Å². The standard InChI is InChI=1S/C16H19FN4O/c1-18-10-13-3-2-8-21(13)16(22)15-9-14(19-20-15)11-4-6-12(17)7-5-11/h4-7,9,13,18H,2-3,8,10H2,1H3,(H,19,20)/t13-/m1/s1. The Bertz CT molecular complexity index is 652. The highest BCUT2D eigenvalue weighted by molar-refractivity contribution is 5.93. The highest BCUT2D eigenvalue weighted by Crippen LogP contribution is 2.22. The van der Waals surface area contributed by atoms with Crippen LogP contribution in [0.5, 0.6) is 0 Å². The molecule has 1 saturated heterocycles. The quantitative estimate of drug-likeness (QED) is 0.908. The first-order valence-electron chi connectivity index (χ1n) is 7.46. The number of benzene rings is 1. The fourth-order valence-electron chi connectivity index (χ4n) is 2.91. The SMILES string of the molecule is CNC[C@H]1CCCN1C(=O)c1cc(-c2ccc(F)cc2)n[nH]1. The van der Waals surface area contributed by atoms with Gasteiger partial charge in [0.1, 0.15) is 11.5 Å². The van der Waals surface area contributed by atoms with Crippen LogP contribution < -0.4 is 5.32 Å². The smallest absolute Gasteiger partial charge is 0.272 e. The Labute approximate surface area is 128 Å². The first kappa shape index (κ1) is 14.7. The third-order valence-corrected chi connectivity index (χ3v) is 4.03. The Hall–Kier alpha value is -2.21. The molecule has 0 spiro atoms. The molecule has 1 aromatic heterocycles. The molecule has 1 atom stereocenters. The summed E-state index contributed by atoms with van der Waals surface area (Å²) in [6.45, 7) is 1.57. The summed E-state index contributed by atoms with van der Waals surface area (Å²) in [7, 11) is 1.89. The van der Waals surface area contributed by atoms with Crippen molar-refractivity contribution in [3.8, 4) is 11.3 Å². The molecule has 1 aromatic carbocycles. The summed E-state index contributed by atoms with van der Waals surface area (Å²) in [5.41, 5.74) is 1.90. The average molecular weight is 302 g/mol. The van der Waals surface area contributed by atoms with Crippen LogP contribution in [0.15, 0.2) is 30.3 Å². The van der Waals surface area contributed by atoms with Crippen molar-refractivity contribution in [2.24, 2.45) is 0 Å². The van der Waals surface area contributed by atoms with Crippen LogP contribution in [0.2, 0.25) is 0 Å². The summed E-state index contributed by atoms with van der Waals surface area (Å²) in [5.74, 6) is -0.318. The van der Waals surface area contributed by atoms with Crippen LogP contribution in [-0.2, 0) is 0 Å². The molecule has 3 rings (SSSR count). The fourth-order valence-corrected chi connectivity index (χ4v) is 2.91. The summed E-state index contributed by atoms with van der Waals surface area (Å²) in [4.78, 5) is 14.5. The van der Waals surface area contributed by atoms with Crippen LogP contribution in [-0.4, -0.2) is 47.2 Å². The fraction of sp³-hybridized carbons (Fsp3) is 0.375. The summed E-state index contributed by atoms with van der Waals surface area (Å²) in [6.07, 6.45) is 2.04. The number of amides is 1. The van der Waals surface area contributed by atoms with E-state index in [9.17, 15) is 9.18 Å². The first-order valence-corrected chi connectivity index (χ1v) is 7.46. The van der Waals surface area contributed by atoms with E-state index < -0.39 is 0 Å². The van der Waals surface area contributed by atoms with Crippen LogP contribution in [0, 0.1) is 5.82 Å². The molecule has 116 valence electrons. The molecule has 2 heterocycles. The maximum atomic E-state index is 13.0. The number of aromatic amines is 1. The molecule has 5 nitrogen and oxygen atoms in total. The van der Waals surface area contributed by atoms with Gasteiger partial charge in [-0.3, -0.25) is 9.89 Å². The summed E-state index contributed by atoms with van der Waals surface area (Å²) >= 11 is 0. The number of hydrogen-bond acceptors (Lipinski definition) is 3. The number of rotatable bonds is 4. The molecule has 1 fully saturated rings. The number of nitrogens with one attached hydrogen (secondary N) is 2. The summed E-state index contributed by atoms with van der Waals surface area (Å²) < 4.78 is 13.0. The van der Waals surface area contributed by atoms with Crippen LogP contribution in [0.25, 0.3) is 11.3 Å². The number of aromatic nitrogens is 2. The zero-order valence-corrected chi connectivity index (χ0v) is 12.5. The second-order valence-corrected chi connectivity index (χ2v) is 5.53. The number of carbonyl (C=O) groups is 1. The number of nitrogens with zero attached hydrogens (tertiary/aromatic N) is 2. The molecule has 1 aliphatic heterocycles. The second-order valence-electron chi connectivity index (χ2n) is 5.53. The molecule has 1 aliphatic rings. The number of hydrogen-bond donors (Lipinski definition) is 2. The Morgan fingerprint density at radius 2 is 2.23 bits per heavy atom. The molecule has 0 aliphatic carbocycles. The van der Waals surface area contributed by atoms with Gasteiger partial charge < -0.3 is 10.2 Å². The van der Waals surface area contributed by atoms with E-state index in [0.717, 1.165) is 31.5 Å². The van der Waals surface area contributed by atoms with Gasteiger partial charge >= 0.3 is 0 Å². The monoisotopic (exact) mass is 302 g/mol. The van der Waals surface area contributed by atoms with Gasteiger partial charge in [-0.2, -0.15) is 5.10 Å². The van der Waals surface area contributed by atoms with E-state index in [2.05, 4.69) is 15.5 Å². The van der Waals surface area contributed by atoms with Gasteiger partial charge in [-0.15, -0.1) is 0 Å². The van der Waals surface area contributed by atoms with Crippen molar-refractivity contribution in [1.82, 2.24) is 20.4 Å². The number of H-pyrrole nitrogens is 1. The number of likely N-dealkylation sites (tertiary alicyclic amines) is 1. The minimum absolute atomic E-state index is 0.0291. The predicted octanol–water partition coefficient (Wildman–Crippen LogP) is 2.04. The van der Waals surface area contributed by atoms with Gasteiger partial charge in [0.2, 0.25) is 0 Å². The lowest BCUT2D eigenvalue weighted by Crippen LogP contribution is -2.41. The maximum Gasteiger partial charge on any atom is 0.272 e. The minimum Gasteiger partial charge on any atom is -0.333 e. The average Bonchev–Trinajstić information content (AvgIpc) is 3.17. The lowest BCUT2D eigenvalue weighted by Gasteiger charge is -2.23. The highest BCUT2D eigenvalue weighted by Gasteiger charge is 2.29. The van der Waals surface area contributed by atoms with Crippen LogP contribution >= 0.6 is 0 Å². The molecule has 0 saturated carbocycles. The Morgan fingerprint density at radius 1 is 1.45 bits per heavy atom. The second kappa shape index (κ2) is 6.27. The Balaban J connectivity index is 1.78. The summed E-state index contributed by atoms with van der Waals surface area (Å²) in [5, 5.41) is 10.1. The lowest BCUT2D eigenvalue weighted by molar-refractivity contribution is 0.0731. The van der Waals surface area contributed by atoms with E-state index in [1.165, 1.54) is 12.1 Å². The third kappa shape index (κ3) is 2.87. The molecule has 0 unspecified atom stereocenters. The number of carbonyl (C=O) groups excluding carboxylic acids is 1. The van der Waals surface area contributed by atoms with Crippen LogP contribution in [0.3, 0.4) is 0 Å². The van der Waals surface area contributed by atoms with Crippen molar-refractivity contribution in [2.45, 2.75) is 18.9 Å². The van der Waals surface area contributed by atoms with Crippen molar-refractivity contribution in [3.63, 3.8) is 0 Å². The first-order chi connectivity index (χ1) is 10.7. The third-order valence-electron chi connectivity index (χ3n) is 4.03.